The van der Waals surface area contributed by atoms with Crippen LogP contribution in [0.1, 0.15) is 18.5 Å². The Bertz CT molecular complexity index is 641. The molecule has 1 aliphatic heterocycles. The molecule has 3 heterocycles. The molecule has 1 aliphatic rings. The van der Waals surface area contributed by atoms with Crippen molar-refractivity contribution in [2.45, 2.75) is 13.0 Å². The number of nitrogens with one attached hydrogen (secondary N) is 1. The summed E-state index contributed by atoms with van der Waals surface area (Å²) in [5, 5.41) is 2.88. The first-order valence-corrected chi connectivity index (χ1v) is 8.28. The van der Waals surface area contributed by atoms with E-state index in [1.54, 1.807) is 18.6 Å². The number of carbonyl (C=O) groups excluding carboxylic acids is 1. The zero-order valence-electron chi connectivity index (χ0n) is 13.9. The molecule has 0 saturated carbocycles. The molecule has 0 radical (unpaired) electrons. The largest absolute Gasteiger partial charge is 0.324 e. The summed E-state index contributed by atoms with van der Waals surface area (Å²) in [7, 11) is 0. The summed E-state index contributed by atoms with van der Waals surface area (Å²) in [5.74, 6) is 0.0109. The highest BCUT2D eigenvalue weighted by atomic mass is 16.2. The van der Waals surface area contributed by atoms with E-state index in [9.17, 15) is 4.79 Å². The minimum atomic E-state index is 0.0109. The second-order valence-corrected chi connectivity index (χ2v) is 6.06. The second kappa shape index (κ2) is 7.99. The summed E-state index contributed by atoms with van der Waals surface area (Å²) in [6.07, 6.45) is 7.08. The van der Waals surface area contributed by atoms with Crippen molar-refractivity contribution in [3.8, 4) is 0 Å². The fourth-order valence-corrected chi connectivity index (χ4v) is 2.98. The number of amides is 1. The summed E-state index contributed by atoms with van der Waals surface area (Å²) in [6, 6.07) is 8.10. The molecule has 1 N–H and O–H groups in total. The van der Waals surface area contributed by atoms with Crippen LogP contribution in [0.25, 0.3) is 0 Å². The van der Waals surface area contributed by atoms with Crippen LogP contribution in [-0.2, 0) is 4.79 Å². The van der Waals surface area contributed by atoms with Gasteiger partial charge in [0.25, 0.3) is 0 Å². The standard InChI is InChI=1S/C18H23N5O/c1-15(16-4-2-6-19-12-16)23-10-8-22(9-11-23)14-18(24)21-17-5-3-7-20-13-17/h2-7,12-13,15H,8-11,14H2,1H3,(H,21,24)/t15-/m1/s1. The minimum absolute atomic E-state index is 0.0109. The van der Waals surface area contributed by atoms with Gasteiger partial charge in [0.2, 0.25) is 5.91 Å². The van der Waals surface area contributed by atoms with Crippen LogP contribution in [0.3, 0.4) is 0 Å². The molecule has 3 rings (SSSR count). The molecule has 2 aromatic heterocycles. The Morgan fingerprint density at radius 2 is 1.83 bits per heavy atom. The monoisotopic (exact) mass is 325 g/mol. The zero-order valence-corrected chi connectivity index (χ0v) is 13.9. The highest BCUT2D eigenvalue weighted by Gasteiger charge is 2.23. The topological polar surface area (TPSA) is 61.4 Å². The van der Waals surface area contributed by atoms with Crippen molar-refractivity contribution in [1.29, 1.82) is 0 Å². The number of rotatable bonds is 5. The van der Waals surface area contributed by atoms with Gasteiger partial charge in [0, 0.05) is 50.8 Å². The second-order valence-electron chi connectivity index (χ2n) is 6.06. The van der Waals surface area contributed by atoms with Gasteiger partial charge in [-0.1, -0.05) is 6.07 Å². The molecule has 0 unspecified atom stereocenters. The van der Waals surface area contributed by atoms with Crippen molar-refractivity contribution in [3.63, 3.8) is 0 Å². The molecule has 0 spiro atoms. The third kappa shape index (κ3) is 4.37. The molecular formula is C18H23N5O. The summed E-state index contributed by atoms with van der Waals surface area (Å²) >= 11 is 0. The molecule has 6 heteroatoms. The number of carbonyl (C=O) groups is 1. The number of aromatic nitrogens is 2. The third-order valence-electron chi connectivity index (χ3n) is 4.43. The average Bonchev–Trinajstić information content (AvgIpc) is 2.63. The Labute approximate surface area is 142 Å². The smallest absolute Gasteiger partial charge is 0.238 e. The molecule has 126 valence electrons. The first-order chi connectivity index (χ1) is 11.7. The lowest BCUT2D eigenvalue weighted by atomic mass is 10.1. The van der Waals surface area contributed by atoms with E-state index in [4.69, 9.17) is 0 Å². The molecule has 24 heavy (non-hydrogen) atoms. The van der Waals surface area contributed by atoms with Crippen molar-refractivity contribution in [2.75, 3.05) is 38.0 Å². The molecule has 6 nitrogen and oxygen atoms in total. The van der Waals surface area contributed by atoms with E-state index in [2.05, 4.69) is 38.1 Å². The summed E-state index contributed by atoms with van der Waals surface area (Å²) < 4.78 is 0. The van der Waals surface area contributed by atoms with Crippen molar-refractivity contribution < 1.29 is 4.79 Å². The summed E-state index contributed by atoms with van der Waals surface area (Å²) in [6.45, 7) is 6.33. The van der Waals surface area contributed by atoms with Crippen molar-refractivity contribution >= 4 is 11.6 Å². The number of hydrogen-bond donors (Lipinski definition) is 1. The van der Waals surface area contributed by atoms with Crippen LogP contribution in [0.15, 0.2) is 49.1 Å². The average molecular weight is 325 g/mol. The first-order valence-electron chi connectivity index (χ1n) is 8.28. The maximum Gasteiger partial charge on any atom is 0.238 e. The minimum Gasteiger partial charge on any atom is -0.324 e. The van der Waals surface area contributed by atoms with Gasteiger partial charge in [0.15, 0.2) is 0 Å². The highest BCUT2D eigenvalue weighted by molar-refractivity contribution is 5.92. The third-order valence-corrected chi connectivity index (χ3v) is 4.43. The number of anilines is 1. The van der Waals surface area contributed by atoms with E-state index in [1.165, 1.54) is 5.56 Å². The first kappa shape index (κ1) is 16.5. The van der Waals surface area contributed by atoms with Crippen LogP contribution in [0.4, 0.5) is 5.69 Å². The molecular weight excluding hydrogens is 302 g/mol. The van der Waals surface area contributed by atoms with Gasteiger partial charge in [-0.25, -0.2) is 0 Å². The highest BCUT2D eigenvalue weighted by Crippen LogP contribution is 2.20. The van der Waals surface area contributed by atoms with E-state index in [1.807, 2.05) is 24.4 Å². The fourth-order valence-electron chi connectivity index (χ4n) is 2.98. The van der Waals surface area contributed by atoms with E-state index in [0.717, 1.165) is 31.9 Å². The molecule has 1 atom stereocenters. The fraction of sp³-hybridized carbons (Fsp3) is 0.389. The molecule has 2 aromatic rings. The van der Waals surface area contributed by atoms with Crippen molar-refractivity contribution in [2.24, 2.45) is 0 Å². The normalized spacial score (nSPS) is 17.4. The number of piperazine rings is 1. The van der Waals surface area contributed by atoms with E-state index in [-0.39, 0.29) is 5.91 Å². The molecule has 0 bridgehead atoms. The SMILES string of the molecule is C[C@H](c1cccnc1)N1CCN(CC(=O)Nc2cccnc2)CC1. The van der Waals surface area contributed by atoms with Crippen LogP contribution >= 0.6 is 0 Å². The van der Waals surface area contributed by atoms with Crippen LogP contribution < -0.4 is 5.32 Å². The number of nitrogens with zero attached hydrogens (tertiary/aromatic N) is 4. The van der Waals surface area contributed by atoms with Gasteiger partial charge in [-0.3, -0.25) is 24.6 Å². The maximum absolute atomic E-state index is 12.1. The van der Waals surface area contributed by atoms with E-state index >= 15 is 0 Å². The van der Waals surface area contributed by atoms with Gasteiger partial charge >= 0.3 is 0 Å². The van der Waals surface area contributed by atoms with Gasteiger partial charge in [-0.15, -0.1) is 0 Å². The predicted molar refractivity (Wildman–Crippen MR) is 93.5 cm³/mol. The molecule has 1 fully saturated rings. The number of hydrogen-bond acceptors (Lipinski definition) is 5. The van der Waals surface area contributed by atoms with Crippen LogP contribution in [-0.4, -0.2) is 58.4 Å². The van der Waals surface area contributed by atoms with Gasteiger partial charge in [0.05, 0.1) is 18.4 Å². The quantitative estimate of drug-likeness (QED) is 0.908. The van der Waals surface area contributed by atoms with Crippen LogP contribution in [0.2, 0.25) is 0 Å². The van der Waals surface area contributed by atoms with Crippen LogP contribution in [0.5, 0.6) is 0 Å². The number of pyridine rings is 2. The molecule has 0 aliphatic carbocycles. The lowest BCUT2D eigenvalue weighted by Crippen LogP contribution is -2.49. The summed E-state index contributed by atoms with van der Waals surface area (Å²) in [5.41, 5.74) is 1.98. The van der Waals surface area contributed by atoms with E-state index in [0.29, 0.717) is 12.6 Å². The Morgan fingerprint density at radius 1 is 1.12 bits per heavy atom. The van der Waals surface area contributed by atoms with E-state index < -0.39 is 0 Å². The van der Waals surface area contributed by atoms with Gasteiger partial charge in [-0.2, -0.15) is 0 Å². The van der Waals surface area contributed by atoms with Crippen LogP contribution in [0, 0.1) is 0 Å². The summed E-state index contributed by atoms with van der Waals surface area (Å²) in [4.78, 5) is 24.9. The van der Waals surface area contributed by atoms with Gasteiger partial charge in [-0.05, 0) is 30.7 Å². The Hall–Kier alpha value is -2.31. The van der Waals surface area contributed by atoms with Crippen molar-refractivity contribution in [3.05, 3.63) is 54.6 Å². The Kier molecular flexibility index (Phi) is 5.51. The predicted octanol–water partition coefficient (Wildman–Crippen LogP) is 1.79. The molecule has 1 amide bonds. The zero-order chi connectivity index (χ0) is 16.8. The Balaban J connectivity index is 1.46. The Morgan fingerprint density at radius 3 is 2.46 bits per heavy atom. The maximum atomic E-state index is 12.1. The van der Waals surface area contributed by atoms with Gasteiger partial charge in [0.1, 0.15) is 0 Å². The van der Waals surface area contributed by atoms with Gasteiger partial charge < -0.3 is 5.32 Å². The molecule has 0 aromatic carbocycles. The lowest BCUT2D eigenvalue weighted by molar-refractivity contribution is -0.117. The van der Waals surface area contributed by atoms with Crippen molar-refractivity contribution in [1.82, 2.24) is 19.8 Å². The molecule has 1 saturated heterocycles. The lowest BCUT2D eigenvalue weighted by Gasteiger charge is -2.37.